The summed E-state index contributed by atoms with van der Waals surface area (Å²) in [4.78, 5) is 0. The topological polar surface area (TPSA) is 33.4 Å². The van der Waals surface area contributed by atoms with Gasteiger partial charge in [-0.05, 0) is 19.1 Å². The predicted molar refractivity (Wildman–Crippen MR) is 59.8 cm³/mol. The lowest BCUT2D eigenvalue weighted by molar-refractivity contribution is 0.119. The number of benzene rings is 1. The Bertz CT molecular complexity index is 459. The molecule has 1 aromatic heterocycles. The average molecular weight is 220 g/mol. The van der Waals surface area contributed by atoms with Crippen molar-refractivity contribution in [1.82, 2.24) is 0 Å². The highest BCUT2D eigenvalue weighted by Crippen LogP contribution is 2.25. The molecule has 1 atom stereocenters. The van der Waals surface area contributed by atoms with Gasteiger partial charge in [-0.25, -0.2) is 4.39 Å². The zero-order valence-electron chi connectivity index (χ0n) is 8.98. The lowest BCUT2D eigenvalue weighted by Crippen LogP contribution is -1.96. The van der Waals surface area contributed by atoms with Crippen LogP contribution in [-0.2, 0) is 0 Å². The summed E-state index contributed by atoms with van der Waals surface area (Å²) in [6.45, 7) is 1.17. The van der Waals surface area contributed by atoms with Crippen molar-refractivity contribution in [2.75, 3.05) is 6.67 Å². The summed E-state index contributed by atoms with van der Waals surface area (Å²) in [5.74, 6) is 0.903. The first kappa shape index (κ1) is 10.9. The van der Waals surface area contributed by atoms with Crippen LogP contribution in [0.3, 0.4) is 0 Å². The van der Waals surface area contributed by atoms with Gasteiger partial charge < -0.3 is 9.52 Å². The highest BCUT2D eigenvalue weighted by atomic mass is 19.1. The Morgan fingerprint density at radius 3 is 2.50 bits per heavy atom. The molecular weight excluding hydrogens is 207 g/mol. The van der Waals surface area contributed by atoms with E-state index < -0.39 is 12.8 Å². The van der Waals surface area contributed by atoms with Gasteiger partial charge in [-0.1, -0.05) is 29.8 Å². The van der Waals surface area contributed by atoms with E-state index in [4.69, 9.17) is 4.42 Å². The molecule has 1 aromatic carbocycles. The lowest BCUT2D eigenvalue weighted by atomic mass is 10.1. The van der Waals surface area contributed by atoms with Crippen molar-refractivity contribution in [3.05, 3.63) is 47.7 Å². The molecule has 1 heterocycles. The summed E-state index contributed by atoms with van der Waals surface area (Å²) in [6, 6.07) is 11.1. The molecule has 0 saturated heterocycles. The smallest absolute Gasteiger partial charge is 0.140 e. The fourth-order valence-electron chi connectivity index (χ4n) is 1.48. The van der Waals surface area contributed by atoms with Crippen molar-refractivity contribution in [3.8, 4) is 11.3 Å². The maximum absolute atomic E-state index is 12.2. The molecule has 16 heavy (non-hydrogen) atoms. The first-order valence-corrected chi connectivity index (χ1v) is 5.11. The third-order valence-electron chi connectivity index (χ3n) is 2.44. The van der Waals surface area contributed by atoms with Gasteiger partial charge in [0.1, 0.15) is 24.3 Å². The van der Waals surface area contributed by atoms with Gasteiger partial charge >= 0.3 is 0 Å². The number of aliphatic hydroxyl groups excluding tert-OH is 1. The van der Waals surface area contributed by atoms with E-state index in [-0.39, 0.29) is 5.76 Å². The van der Waals surface area contributed by atoms with Gasteiger partial charge in [0.15, 0.2) is 0 Å². The maximum atomic E-state index is 12.2. The molecule has 0 fully saturated rings. The zero-order valence-corrected chi connectivity index (χ0v) is 8.98. The number of aryl methyl sites for hydroxylation is 1. The average Bonchev–Trinajstić information content (AvgIpc) is 2.78. The van der Waals surface area contributed by atoms with Crippen LogP contribution in [0.2, 0.25) is 0 Å². The van der Waals surface area contributed by atoms with E-state index in [0.717, 1.165) is 5.56 Å². The third-order valence-corrected chi connectivity index (χ3v) is 2.44. The number of rotatable bonds is 3. The van der Waals surface area contributed by atoms with Crippen molar-refractivity contribution >= 4 is 0 Å². The lowest BCUT2D eigenvalue weighted by Gasteiger charge is -2.01. The molecule has 0 bridgehead atoms. The van der Waals surface area contributed by atoms with E-state index in [1.807, 2.05) is 31.2 Å². The monoisotopic (exact) mass is 220 g/mol. The standard InChI is InChI=1S/C13H13FO2/c1-9-2-4-10(5-3-9)12-6-7-13(16-12)11(15)8-14/h2-7,11,15H,8H2,1H3. The number of hydrogen-bond donors (Lipinski definition) is 1. The fourth-order valence-corrected chi connectivity index (χ4v) is 1.48. The minimum Gasteiger partial charge on any atom is -0.458 e. The van der Waals surface area contributed by atoms with Crippen LogP contribution in [0, 0.1) is 6.92 Å². The Morgan fingerprint density at radius 1 is 1.19 bits per heavy atom. The van der Waals surface area contributed by atoms with Crippen LogP contribution < -0.4 is 0 Å². The molecule has 0 saturated carbocycles. The Morgan fingerprint density at radius 2 is 1.88 bits per heavy atom. The van der Waals surface area contributed by atoms with Crippen LogP contribution in [0.15, 0.2) is 40.8 Å². The normalized spacial score (nSPS) is 12.7. The van der Waals surface area contributed by atoms with E-state index in [0.29, 0.717) is 5.76 Å². The molecule has 0 spiro atoms. The van der Waals surface area contributed by atoms with E-state index in [1.165, 1.54) is 5.56 Å². The van der Waals surface area contributed by atoms with Crippen LogP contribution >= 0.6 is 0 Å². The quantitative estimate of drug-likeness (QED) is 0.861. The van der Waals surface area contributed by atoms with Crippen molar-refractivity contribution in [1.29, 1.82) is 0 Å². The molecule has 2 nitrogen and oxygen atoms in total. The summed E-state index contributed by atoms with van der Waals surface area (Å²) < 4.78 is 17.6. The molecule has 0 amide bonds. The van der Waals surface area contributed by atoms with Gasteiger partial charge in [-0.3, -0.25) is 0 Å². The zero-order chi connectivity index (χ0) is 11.5. The van der Waals surface area contributed by atoms with E-state index in [9.17, 15) is 9.50 Å². The third kappa shape index (κ3) is 2.14. The molecule has 0 aliphatic rings. The predicted octanol–water partition coefficient (Wildman–Crippen LogP) is 3.26. The minimum atomic E-state index is -1.17. The number of alkyl halides is 1. The van der Waals surface area contributed by atoms with Gasteiger partial charge in [0.25, 0.3) is 0 Å². The SMILES string of the molecule is Cc1ccc(-c2ccc(C(O)CF)o2)cc1. The largest absolute Gasteiger partial charge is 0.458 e. The summed E-state index contributed by atoms with van der Waals surface area (Å²) in [5, 5.41) is 9.26. The van der Waals surface area contributed by atoms with Crippen LogP contribution in [0.1, 0.15) is 17.4 Å². The maximum Gasteiger partial charge on any atom is 0.140 e. The van der Waals surface area contributed by atoms with Crippen LogP contribution in [0.5, 0.6) is 0 Å². The molecular formula is C13H13FO2. The Balaban J connectivity index is 2.28. The Kier molecular flexibility index (Phi) is 3.06. The number of hydrogen-bond acceptors (Lipinski definition) is 2. The van der Waals surface area contributed by atoms with E-state index in [2.05, 4.69) is 0 Å². The molecule has 1 N–H and O–H groups in total. The molecule has 1 unspecified atom stereocenters. The van der Waals surface area contributed by atoms with Gasteiger partial charge in [0.2, 0.25) is 0 Å². The molecule has 2 rings (SSSR count). The molecule has 0 aliphatic heterocycles. The second-order valence-electron chi connectivity index (χ2n) is 3.74. The summed E-state index contributed by atoms with van der Waals surface area (Å²) >= 11 is 0. The molecule has 3 heteroatoms. The van der Waals surface area contributed by atoms with Crippen LogP contribution in [0.4, 0.5) is 4.39 Å². The van der Waals surface area contributed by atoms with Crippen molar-refractivity contribution in [3.63, 3.8) is 0 Å². The summed E-state index contributed by atoms with van der Waals surface area (Å²) in [6.07, 6.45) is -1.17. The number of furan rings is 1. The summed E-state index contributed by atoms with van der Waals surface area (Å²) in [7, 11) is 0. The molecule has 84 valence electrons. The second kappa shape index (κ2) is 4.49. The van der Waals surface area contributed by atoms with Gasteiger partial charge in [0, 0.05) is 5.56 Å². The Hall–Kier alpha value is -1.61. The van der Waals surface area contributed by atoms with Crippen LogP contribution in [0.25, 0.3) is 11.3 Å². The minimum absolute atomic E-state index is 0.262. The van der Waals surface area contributed by atoms with Crippen molar-refractivity contribution < 1.29 is 13.9 Å². The molecule has 0 aliphatic carbocycles. The highest BCUT2D eigenvalue weighted by molar-refractivity contribution is 5.57. The first-order valence-electron chi connectivity index (χ1n) is 5.11. The van der Waals surface area contributed by atoms with Crippen LogP contribution in [-0.4, -0.2) is 11.8 Å². The highest BCUT2D eigenvalue weighted by Gasteiger charge is 2.12. The number of halogens is 1. The second-order valence-corrected chi connectivity index (χ2v) is 3.74. The summed E-state index contributed by atoms with van der Waals surface area (Å²) in [5.41, 5.74) is 2.09. The molecule has 0 radical (unpaired) electrons. The first-order chi connectivity index (χ1) is 7.70. The van der Waals surface area contributed by atoms with Gasteiger partial charge in [-0.2, -0.15) is 0 Å². The van der Waals surface area contributed by atoms with Crippen molar-refractivity contribution in [2.45, 2.75) is 13.0 Å². The van der Waals surface area contributed by atoms with E-state index >= 15 is 0 Å². The fraction of sp³-hybridized carbons (Fsp3) is 0.231. The number of aliphatic hydroxyl groups is 1. The van der Waals surface area contributed by atoms with Gasteiger partial charge in [-0.15, -0.1) is 0 Å². The van der Waals surface area contributed by atoms with Crippen molar-refractivity contribution in [2.24, 2.45) is 0 Å². The van der Waals surface area contributed by atoms with Gasteiger partial charge in [0.05, 0.1) is 0 Å². The Labute approximate surface area is 93.3 Å². The molecule has 2 aromatic rings. The van der Waals surface area contributed by atoms with E-state index in [1.54, 1.807) is 12.1 Å².